The number of nitrogens with two attached hydrogens (primary N) is 1. The van der Waals surface area contributed by atoms with Gasteiger partial charge < -0.3 is 20.5 Å². The molecule has 0 amide bonds. The smallest absolute Gasteiger partial charge is 0.189 e. The third-order valence-corrected chi connectivity index (χ3v) is 2.66. The van der Waals surface area contributed by atoms with Gasteiger partial charge in [0.1, 0.15) is 11.9 Å². The second-order valence-corrected chi connectivity index (χ2v) is 4.97. The van der Waals surface area contributed by atoms with Crippen LogP contribution in [0.2, 0.25) is 0 Å². The van der Waals surface area contributed by atoms with Crippen LogP contribution in [0.5, 0.6) is 5.75 Å². The standard InChI is InChI=1S/C15H25N3O2.HI/c1-11-6-5-7-14(8-11)20-13(3)9-17-15(16)18-12(2)10-19-4;/h5-8,12-13H,9-10H2,1-4H3,(H3,16,17,18);1H. The van der Waals surface area contributed by atoms with Crippen molar-refractivity contribution in [3.05, 3.63) is 29.8 Å². The zero-order valence-corrected chi connectivity index (χ0v) is 15.5. The Balaban J connectivity index is 0.00000400. The number of methoxy groups -OCH3 is 1. The highest BCUT2D eigenvalue weighted by atomic mass is 127. The lowest BCUT2D eigenvalue weighted by molar-refractivity contribution is 0.179. The van der Waals surface area contributed by atoms with E-state index in [1.807, 2.05) is 45.0 Å². The minimum Gasteiger partial charge on any atom is -0.489 e. The molecule has 6 heteroatoms. The number of nitrogens with zero attached hydrogens (tertiary/aromatic N) is 1. The number of aliphatic imine (C=N–C) groups is 1. The Morgan fingerprint density at radius 3 is 2.71 bits per heavy atom. The number of halogens is 1. The monoisotopic (exact) mass is 407 g/mol. The number of hydrogen-bond donors (Lipinski definition) is 2. The van der Waals surface area contributed by atoms with E-state index >= 15 is 0 Å². The maximum Gasteiger partial charge on any atom is 0.189 e. The van der Waals surface area contributed by atoms with Crippen molar-refractivity contribution >= 4 is 29.9 Å². The van der Waals surface area contributed by atoms with E-state index in [9.17, 15) is 0 Å². The Hall–Kier alpha value is -1.02. The first-order valence-corrected chi connectivity index (χ1v) is 6.80. The lowest BCUT2D eigenvalue weighted by Gasteiger charge is -2.15. The average Bonchev–Trinajstić information content (AvgIpc) is 2.36. The van der Waals surface area contributed by atoms with E-state index in [1.54, 1.807) is 7.11 Å². The number of guanidine groups is 1. The molecule has 0 aliphatic heterocycles. The van der Waals surface area contributed by atoms with Crippen LogP contribution >= 0.6 is 24.0 Å². The maximum absolute atomic E-state index is 5.80. The van der Waals surface area contributed by atoms with Crippen LogP contribution in [0.25, 0.3) is 0 Å². The van der Waals surface area contributed by atoms with Gasteiger partial charge in [0.15, 0.2) is 5.96 Å². The van der Waals surface area contributed by atoms with E-state index in [2.05, 4.69) is 10.3 Å². The molecular formula is C15H26IN3O2. The zero-order valence-electron chi connectivity index (χ0n) is 13.1. The molecule has 0 aliphatic rings. The first kappa shape index (κ1) is 20.0. The summed E-state index contributed by atoms with van der Waals surface area (Å²) in [5.41, 5.74) is 6.97. The van der Waals surface area contributed by atoms with Crippen LogP contribution in [-0.4, -0.2) is 38.4 Å². The van der Waals surface area contributed by atoms with E-state index < -0.39 is 0 Å². The summed E-state index contributed by atoms with van der Waals surface area (Å²) < 4.78 is 10.8. The molecule has 0 saturated heterocycles. The summed E-state index contributed by atoms with van der Waals surface area (Å²) in [6.45, 7) is 7.09. The Labute approximate surface area is 144 Å². The minimum atomic E-state index is -0.0325. The Morgan fingerprint density at radius 1 is 1.38 bits per heavy atom. The number of nitrogens with one attached hydrogen (secondary N) is 1. The lowest BCUT2D eigenvalue weighted by Crippen LogP contribution is -2.41. The van der Waals surface area contributed by atoms with Crippen LogP contribution < -0.4 is 15.8 Å². The minimum absolute atomic E-state index is 0. The van der Waals surface area contributed by atoms with Gasteiger partial charge in [0.2, 0.25) is 0 Å². The molecule has 0 aliphatic carbocycles. The van der Waals surface area contributed by atoms with Crippen molar-refractivity contribution in [1.82, 2.24) is 5.32 Å². The number of rotatable bonds is 7. The molecule has 0 saturated carbocycles. The van der Waals surface area contributed by atoms with Gasteiger partial charge in [-0.15, -0.1) is 24.0 Å². The van der Waals surface area contributed by atoms with E-state index in [1.165, 1.54) is 5.56 Å². The summed E-state index contributed by atoms with van der Waals surface area (Å²) in [6.07, 6.45) is -0.0325. The molecule has 1 aromatic rings. The number of ether oxygens (including phenoxy) is 2. The second kappa shape index (κ2) is 10.7. The highest BCUT2D eigenvalue weighted by molar-refractivity contribution is 14.0. The summed E-state index contributed by atoms with van der Waals surface area (Å²) in [7, 11) is 1.66. The zero-order chi connectivity index (χ0) is 15.0. The molecule has 0 radical (unpaired) electrons. The topological polar surface area (TPSA) is 68.9 Å². The van der Waals surface area contributed by atoms with E-state index in [-0.39, 0.29) is 36.1 Å². The van der Waals surface area contributed by atoms with Crippen molar-refractivity contribution in [1.29, 1.82) is 0 Å². The number of benzene rings is 1. The van der Waals surface area contributed by atoms with Gasteiger partial charge in [-0.05, 0) is 38.5 Å². The fraction of sp³-hybridized carbons (Fsp3) is 0.533. The predicted molar refractivity (Wildman–Crippen MR) is 97.6 cm³/mol. The van der Waals surface area contributed by atoms with Crippen LogP contribution in [0, 0.1) is 6.92 Å². The van der Waals surface area contributed by atoms with Crippen LogP contribution in [0.3, 0.4) is 0 Å². The molecule has 2 atom stereocenters. The van der Waals surface area contributed by atoms with Gasteiger partial charge >= 0.3 is 0 Å². The lowest BCUT2D eigenvalue weighted by atomic mass is 10.2. The van der Waals surface area contributed by atoms with Crippen LogP contribution in [0.1, 0.15) is 19.4 Å². The third kappa shape index (κ3) is 8.77. The molecule has 120 valence electrons. The van der Waals surface area contributed by atoms with Crippen molar-refractivity contribution in [3.8, 4) is 5.75 Å². The average molecular weight is 407 g/mol. The molecule has 5 nitrogen and oxygen atoms in total. The van der Waals surface area contributed by atoms with Gasteiger partial charge in [0.05, 0.1) is 13.2 Å². The highest BCUT2D eigenvalue weighted by Crippen LogP contribution is 2.14. The van der Waals surface area contributed by atoms with Crippen LogP contribution in [-0.2, 0) is 4.74 Å². The van der Waals surface area contributed by atoms with Gasteiger partial charge in [0.25, 0.3) is 0 Å². The predicted octanol–water partition coefficient (Wildman–Crippen LogP) is 2.32. The highest BCUT2D eigenvalue weighted by Gasteiger charge is 2.05. The third-order valence-electron chi connectivity index (χ3n) is 2.66. The molecule has 0 bridgehead atoms. The van der Waals surface area contributed by atoms with Crippen LogP contribution in [0.15, 0.2) is 29.3 Å². The van der Waals surface area contributed by atoms with Gasteiger partial charge in [-0.25, -0.2) is 4.99 Å². The summed E-state index contributed by atoms with van der Waals surface area (Å²) in [6, 6.07) is 8.09. The second-order valence-electron chi connectivity index (χ2n) is 4.97. The number of hydrogen-bond acceptors (Lipinski definition) is 3. The van der Waals surface area contributed by atoms with E-state index in [0.717, 1.165) is 5.75 Å². The molecule has 1 aromatic carbocycles. The normalized spacial score (nSPS) is 14.0. The molecular weight excluding hydrogens is 381 g/mol. The van der Waals surface area contributed by atoms with Crippen molar-refractivity contribution in [3.63, 3.8) is 0 Å². The van der Waals surface area contributed by atoms with Crippen molar-refractivity contribution in [2.24, 2.45) is 10.7 Å². The van der Waals surface area contributed by atoms with Gasteiger partial charge in [-0.2, -0.15) is 0 Å². The molecule has 2 unspecified atom stereocenters. The van der Waals surface area contributed by atoms with Crippen LogP contribution in [0.4, 0.5) is 0 Å². The quantitative estimate of drug-likeness (QED) is 0.414. The fourth-order valence-corrected chi connectivity index (χ4v) is 1.77. The summed E-state index contributed by atoms with van der Waals surface area (Å²) in [4.78, 5) is 4.27. The van der Waals surface area contributed by atoms with E-state index in [4.69, 9.17) is 15.2 Å². The first-order valence-electron chi connectivity index (χ1n) is 6.80. The van der Waals surface area contributed by atoms with Gasteiger partial charge in [-0.3, -0.25) is 0 Å². The SMILES string of the molecule is COCC(C)NC(N)=NCC(C)Oc1cccc(C)c1.I. The summed E-state index contributed by atoms with van der Waals surface area (Å²) in [5, 5.41) is 3.06. The van der Waals surface area contributed by atoms with Gasteiger partial charge in [-0.1, -0.05) is 12.1 Å². The number of aryl methyl sites for hydroxylation is 1. The molecule has 0 spiro atoms. The first-order chi connectivity index (χ1) is 9.51. The molecule has 1 rings (SSSR count). The maximum atomic E-state index is 5.80. The Bertz CT molecular complexity index is 441. The molecule has 0 aromatic heterocycles. The largest absolute Gasteiger partial charge is 0.489 e. The van der Waals surface area contributed by atoms with Crippen molar-refractivity contribution < 1.29 is 9.47 Å². The summed E-state index contributed by atoms with van der Waals surface area (Å²) >= 11 is 0. The molecule has 0 fully saturated rings. The molecule has 21 heavy (non-hydrogen) atoms. The molecule has 0 heterocycles. The van der Waals surface area contributed by atoms with Gasteiger partial charge in [0, 0.05) is 13.2 Å². The van der Waals surface area contributed by atoms with E-state index in [0.29, 0.717) is 19.1 Å². The molecule has 3 N–H and O–H groups in total. The van der Waals surface area contributed by atoms with Crippen molar-refractivity contribution in [2.45, 2.75) is 32.9 Å². The van der Waals surface area contributed by atoms with Crippen molar-refractivity contribution in [2.75, 3.05) is 20.3 Å². The Kier molecular flexibility index (Phi) is 10.2. The summed E-state index contributed by atoms with van der Waals surface area (Å²) in [5.74, 6) is 1.27. The Morgan fingerprint density at radius 2 is 2.10 bits per heavy atom. The fourth-order valence-electron chi connectivity index (χ4n) is 1.77.